The van der Waals surface area contributed by atoms with Crippen molar-refractivity contribution in [2.45, 2.75) is 0 Å². The van der Waals surface area contributed by atoms with Crippen molar-refractivity contribution in [2.24, 2.45) is 0 Å². The predicted octanol–water partition coefficient (Wildman–Crippen LogP) is 4.26. The van der Waals surface area contributed by atoms with Crippen molar-refractivity contribution < 1.29 is 18.1 Å². The van der Waals surface area contributed by atoms with E-state index in [1.54, 1.807) is 0 Å². The molecule has 23 heavy (non-hydrogen) atoms. The van der Waals surface area contributed by atoms with Crippen molar-refractivity contribution in [1.82, 2.24) is 5.16 Å². The first-order valence-corrected chi connectivity index (χ1v) is 6.67. The van der Waals surface area contributed by atoms with Gasteiger partial charge >= 0.3 is 6.03 Å². The van der Waals surface area contributed by atoms with E-state index in [1.807, 2.05) is 30.3 Å². The Morgan fingerprint density at radius 1 is 1.00 bits per heavy atom. The number of hydrogen-bond donors (Lipinski definition) is 2. The van der Waals surface area contributed by atoms with E-state index < -0.39 is 17.7 Å². The van der Waals surface area contributed by atoms with Crippen molar-refractivity contribution >= 4 is 17.5 Å². The molecule has 0 unspecified atom stereocenters. The number of nitrogens with zero attached hydrogens (tertiary/aromatic N) is 1. The van der Waals surface area contributed by atoms with E-state index in [1.165, 1.54) is 6.07 Å². The van der Waals surface area contributed by atoms with E-state index >= 15 is 0 Å². The molecule has 0 saturated carbocycles. The van der Waals surface area contributed by atoms with Crippen molar-refractivity contribution in [3.05, 3.63) is 66.2 Å². The number of hydrogen-bond acceptors (Lipinski definition) is 3. The number of halogens is 2. The molecule has 2 amide bonds. The number of benzene rings is 2. The zero-order valence-corrected chi connectivity index (χ0v) is 11.7. The molecule has 5 nitrogen and oxygen atoms in total. The lowest BCUT2D eigenvalue weighted by atomic mass is 10.2. The third kappa shape index (κ3) is 3.52. The Bertz CT molecular complexity index is 834. The second-order valence-corrected chi connectivity index (χ2v) is 4.65. The molecule has 3 aromatic rings. The van der Waals surface area contributed by atoms with Crippen LogP contribution in [0.1, 0.15) is 0 Å². The van der Waals surface area contributed by atoms with Gasteiger partial charge in [-0.1, -0.05) is 35.5 Å². The summed E-state index contributed by atoms with van der Waals surface area (Å²) < 4.78 is 31.4. The first-order valence-electron chi connectivity index (χ1n) is 6.67. The Morgan fingerprint density at radius 3 is 2.52 bits per heavy atom. The minimum Gasteiger partial charge on any atom is -0.354 e. The van der Waals surface area contributed by atoms with Crippen molar-refractivity contribution in [3.8, 4) is 11.3 Å². The summed E-state index contributed by atoms with van der Waals surface area (Å²) in [5.74, 6) is -0.944. The van der Waals surface area contributed by atoms with Gasteiger partial charge in [0.1, 0.15) is 11.6 Å². The van der Waals surface area contributed by atoms with E-state index in [4.69, 9.17) is 4.52 Å². The van der Waals surface area contributed by atoms with Crippen LogP contribution in [-0.4, -0.2) is 11.2 Å². The van der Waals surface area contributed by atoms with Crippen LogP contribution >= 0.6 is 0 Å². The van der Waals surface area contributed by atoms with E-state index in [2.05, 4.69) is 15.8 Å². The molecule has 116 valence electrons. The fraction of sp³-hybridized carbons (Fsp3) is 0. The van der Waals surface area contributed by atoms with Crippen LogP contribution in [0.5, 0.6) is 0 Å². The quantitative estimate of drug-likeness (QED) is 0.758. The van der Waals surface area contributed by atoms with Crippen LogP contribution in [0.3, 0.4) is 0 Å². The highest BCUT2D eigenvalue weighted by molar-refractivity contribution is 5.99. The van der Waals surface area contributed by atoms with Crippen LogP contribution in [0.4, 0.5) is 25.1 Å². The van der Waals surface area contributed by atoms with Crippen LogP contribution in [0, 0.1) is 11.6 Å². The summed E-state index contributed by atoms with van der Waals surface area (Å²) in [5, 5.41) is 8.38. The van der Waals surface area contributed by atoms with Gasteiger partial charge in [0.05, 0.1) is 5.69 Å². The molecule has 0 bridgehead atoms. The largest absolute Gasteiger partial charge is 0.354 e. The predicted molar refractivity (Wildman–Crippen MR) is 80.9 cm³/mol. The topological polar surface area (TPSA) is 67.2 Å². The summed E-state index contributed by atoms with van der Waals surface area (Å²) in [4.78, 5) is 11.8. The molecule has 0 atom stereocenters. The maximum atomic E-state index is 13.5. The molecule has 0 aliphatic carbocycles. The Morgan fingerprint density at radius 2 is 1.78 bits per heavy atom. The Labute approximate surface area is 129 Å². The summed E-state index contributed by atoms with van der Waals surface area (Å²) in [5.41, 5.74) is 0.661. The average Bonchev–Trinajstić information content (AvgIpc) is 2.99. The van der Waals surface area contributed by atoms with Gasteiger partial charge < -0.3 is 9.84 Å². The van der Waals surface area contributed by atoms with E-state index in [0.717, 1.165) is 17.7 Å². The summed E-state index contributed by atoms with van der Waals surface area (Å²) in [6.07, 6.45) is 0. The van der Waals surface area contributed by atoms with E-state index in [-0.39, 0.29) is 11.5 Å². The van der Waals surface area contributed by atoms with Gasteiger partial charge in [-0.3, -0.25) is 5.32 Å². The monoisotopic (exact) mass is 315 g/mol. The second kappa shape index (κ2) is 6.27. The standard InChI is InChI=1S/C16H11F2N3O2/c17-11-6-7-13(12(18)8-11)19-16(22)20-15-9-14(23-21-15)10-4-2-1-3-5-10/h1-9H,(H2,19,20,21,22). The molecule has 2 aromatic carbocycles. The van der Waals surface area contributed by atoms with Gasteiger partial charge in [-0.25, -0.2) is 13.6 Å². The lowest BCUT2D eigenvalue weighted by Crippen LogP contribution is -2.20. The highest BCUT2D eigenvalue weighted by Gasteiger charge is 2.11. The van der Waals surface area contributed by atoms with Crippen LogP contribution in [0.25, 0.3) is 11.3 Å². The molecule has 0 aliphatic rings. The molecule has 1 aromatic heterocycles. The molecule has 0 fully saturated rings. The number of amides is 2. The van der Waals surface area contributed by atoms with Gasteiger partial charge in [-0.05, 0) is 12.1 Å². The fourth-order valence-electron chi connectivity index (χ4n) is 1.93. The van der Waals surface area contributed by atoms with Crippen LogP contribution < -0.4 is 10.6 Å². The Balaban J connectivity index is 1.68. The smallest absolute Gasteiger partial charge is 0.325 e. The van der Waals surface area contributed by atoms with Crippen molar-refractivity contribution in [2.75, 3.05) is 10.6 Å². The van der Waals surface area contributed by atoms with Crippen molar-refractivity contribution in [1.29, 1.82) is 0 Å². The van der Waals surface area contributed by atoms with Crippen molar-refractivity contribution in [3.63, 3.8) is 0 Å². The lowest BCUT2D eigenvalue weighted by Gasteiger charge is -2.06. The maximum Gasteiger partial charge on any atom is 0.325 e. The number of aromatic nitrogens is 1. The van der Waals surface area contributed by atoms with Gasteiger partial charge in [0, 0.05) is 17.7 Å². The zero-order valence-electron chi connectivity index (χ0n) is 11.7. The van der Waals surface area contributed by atoms with Crippen LogP contribution in [0.15, 0.2) is 59.1 Å². The Kier molecular flexibility index (Phi) is 4.01. The third-order valence-corrected chi connectivity index (χ3v) is 2.99. The zero-order chi connectivity index (χ0) is 16.2. The summed E-state index contributed by atoms with van der Waals surface area (Å²) in [6.45, 7) is 0. The first kappa shape index (κ1) is 14.7. The molecule has 7 heteroatoms. The van der Waals surface area contributed by atoms with E-state index in [9.17, 15) is 13.6 Å². The highest BCUT2D eigenvalue weighted by atomic mass is 19.1. The molecule has 3 rings (SSSR count). The molecule has 2 N–H and O–H groups in total. The molecule has 0 spiro atoms. The average molecular weight is 315 g/mol. The van der Waals surface area contributed by atoms with Crippen LogP contribution in [0.2, 0.25) is 0 Å². The minimum absolute atomic E-state index is 0.143. The number of nitrogens with one attached hydrogen (secondary N) is 2. The minimum atomic E-state index is -0.870. The molecule has 0 saturated heterocycles. The number of anilines is 2. The lowest BCUT2D eigenvalue weighted by molar-refractivity contribution is 0.262. The first-order chi connectivity index (χ1) is 11.1. The SMILES string of the molecule is O=C(Nc1cc(-c2ccccc2)on1)Nc1ccc(F)cc1F. The summed E-state index contributed by atoms with van der Waals surface area (Å²) in [6, 6.07) is 12.9. The molecule has 0 aliphatic heterocycles. The third-order valence-electron chi connectivity index (χ3n) is 2.99. The molecular weight excluding hydrogens is 304 g/mol. The molecule has 1 heterocycles. The number of carbonyl (C=O) groups excluding carboxylic acids is 1. The van der Waals surface area contributed by atoms with Gasteiger partial charge in [-0.15, -0.1) is 0 Å². The van der Waals surface area contributed by atoms with Gasteiger partial charge in [0.15, 0.2) is 11.6 Å². The molecular formula is C16H11F2N3O2. The van der Waals surface area contributed by atoms with E-state index in [0.29, 0.717) is 11.8 Å². The number of carbonyl (C=O) groups is 1. The maximum absolute atomic E-state index is 13.5. The highest BCUT2D eigenvalue weighted by Crippen LogP contribution is 2.22. The normalized spacial score (nSPS) is 10.3. The number of urea groups is 1. The van der Waals surface area contributed by atoms with Crippen LogP contribution in [-0.2, 0) is 0 Å². The van der Waals surface area contributed by atoms with Gasteiger partial charge in [-0.2, -0.15) is 0 Å². The molecule has 0 radical (unpaired) electrons. The summed E-state index contributed by atoms with van der Waals surface area (Å²) in [7, 11) is 0. The van der Waals surface area contributed by atoms with Gasteiger partial charge in [0.25, 0.3) is 0 Å². The second-order valence-electron chi connectivity index (χ2n) is 4.65. The fourth-order valence-corrected chi connectivity index (χ4v) is 1.93. The summed E-state index contributed by atoms with van der Waals surface area (Å²) >= 11 is 0. The Hall–Kier alpha value is -3.22. The van der Waals surface area contributed by atoms with Gasteiger partial charge in [0.2, 0.25) is 0 Å². The number of rotatable bonds is 3.